The first kappa shape index (κ1) is 34.7. The number of azo groups is 1. The van der Waals surface area contributed by atoms with Gasteiger partial charge in [0.2, 0.25) is 0 Å². The number of hydrogen-bond acceptors (Lipinski definition) is 10. The summed E-state index contributed by atoms with van der Waals surface area (Å²) in [7, 11) is 4.01. The molecule has 0 spiro atoms. The van der Waals surface area contributed by atoms with E-state index in [4.69, 9.17) is 24.2 Å². The highest BCUT2D eigenvalue weighted by atomic mass is 16.5. The molecule has 12 nitrogen and oxygen atoms in total. The third-order valence-electron chi connectivity index (χ3n) is 10.4. The zero-order chi connectivity index (χ0) is 35.9. The minimum absolute atomic E-state index is 0.0717. The Kier molecular flexibility index (Phi) is 9.73. The molecular formula is C38H44N6O6. The van der Waals surface area contributed by atoms with E-state index in [1.807, 2.05) is 19.1 Å². The van der Waals surface area contributed by atoms with Crippen molar-refractivity contribution in [2.75, 3.05) is 27.9 Å². The van der Waals surface area contributed by atoms with Crippen LogP contribution in [-0.4, -0.2) is 65.7 Å². The quantitative estimate of drug-likeness (QED) is 0.189. The number of esters is 3. The van der Waals surface area contributed by atoms with E-state index < -0.39 is 11.9 Å². The Balaban J connectivity index is 1.80. The predicted molar refractivity (Wildman–Crippen MR) is 190 cm³/mol. The van der Waals surface area contributed by atoms with Gasteiger partial charge >= 0.3 is 17.9 Å². The molecule has 3 aromatic rings. The summed E-state index contributed by atoms with van der Waals surface area (Å²) in [5.74, 6) is -1.89. The van der Waals surface area contributed by atoms with Crippen LogP contribution in [0.15, 0.2) is 28.4 Å². The highest BCUT2D eigenvalue weighted by Gasteiger charge is 2.36. The van der Waals surface area contributed by atoms with Crippen LogP contribution in [0, 0.1) is 13.8 Å². The van der Waals surface area contributed by atoms with Crippen molar-refractivity contribution in [2.45, 2.75) is 84.6 Å². The standard InChI is InChI=1S/C38H44N6O6/c1-9-22-18(2)26-17-31-34(25-12-13-39-44-25)20(4)28(41-31)15-27-19(3)23(10-11-32(45)48-6)36(42-27)24(14-33(46)49-7)37-35(38(47)50-8)21(5)29(43-37)16-30(22)40-26/h15-17,19,23,25,40-41H,9-14H2,1-8H3/t19-,23-,25?/m0/s1. The van der Waals surface area contributed by atoms with E-state index in [0.717, 1.165) is 62.9 Å². The second-order valence-corrected chi connectivity index (χ2v) is 13.1. The SMILES string of the molecule is CCc1c(C)c2cc3[nH]c(cc4nc(c(CC(=O)OC)c5nc(cc1[nH]2)C(C)=C5C(=O)OC)[C@@H](CCC(=O)OC)[C@@H]4C)c(C)c3C1CCN=N1. The summed E-state index contributed by atoms with van der Waals surface area (Å²) in [4.78, 5) is 56.6. The molecule has 0 aliphatic carbocycles. The van der Waals surface area contributed by atoms with Crippen molar-refractivity contribution in [1.29, 1.82) is 0 Å². The maximum absolute atomic E-state index is 13.5. The van der Waals surface area contributed by atoms with Crippen LogP contribution in [0.4, 0.5) is 0 Å². The summed E-state index contributed by atoms with van der Waals surface area (Å²) in [5, 5.41) is 8.91. The fourth-order valence-electron chi connectivity index (χ4n) is 7.54. The number of carbonyl (C=O) groups excluding carboxylic acids is 3. The molecule has 3 aliphatic rings. The lowest BCUT2D eigenvalue weighted by Crippen LogP contribution is -2.15. The lowest BCUT2D eigenvalue weighted by Gasteiger charge is -2.18. The van der Waals surface area contributed by atoms with Crippen LogP contribution in [0.25, 0.3) is 33.2 Å². The number of aryl methyl sites for hydroxylation is 3. The Morgan fingerprint density at radius 3 is 2.24 bits per heavy atom. The Morgan fingerprint density at radius 2 is 1.58 bits per heavy atom. The molecule has 262 valence electrons. The smallest absolute Gasteiger partial charge is 0.340 e. The van der Waals surface area contributed by atoms with Crippen LogP contribution in [0.5, 0.6) is 0 Å². The third-order valence-corrected chi connectivity index (χ3v) is 10.4. The van der Waals surface area contributed by atoms with E-state index in [1.165, 1.54) is 21.3 Å². The first-order valence-corrected chi connectivity index (χ1v) is 17.1. The van der Waals surface area contributed by atoms with E-state index >= 15 is 0 Å². The summed E-state index contributed by atoms with van der Waals surface area (Å²) in [5.41, 5.74) is 11.6. The molecule has 0 saturated carbocycles. The van der Waals surface area contributed by atoms with E-state index in [9.17, 15) is 14.4 Å². The second kappa shape index (κ2) is 14.0. The van der Waals surface area contributed by atoms with Crippen LogP contribution in [0.3, 0.4) is 0 Å². The molecule has 8 bridgehead atoms. The Hall–Kier alpha value is -5.13. The number of carbonyl (C=O) groups is 3. The van der Waals surface area contributed by atoms with Gasteiger partial charge in [0.25, 0.3) is 0 Å². The number of allylic oxidation sites excluding steroid dienone is 1. The van der Waals surface area contributed by atoms with E-state index in [2.05, 4.69) is 54.0 Å². The fraction of sp³-hybridized carbons (Fsp3) is 0.447. The van der Waals surface area contributed by atoms with Gasteiger partial charge in [0.1, 0.15) is 0 Å². The van der Waals surface area contributed by atoms with Crippen molar-refractivity contribution >= 4 is 51.1 Å². The molecule has 2 N–H and O–H groups in total. The van der Waals surface area contributed by atoms with Gasteiger partial charge in [-0.1, -0.05) is 13.8 Å². The summed E-state index contributed by atoms with van der Waals surface area (Å²) >= 11 is 0. The van der Waals surface area contributed by atoms with E-state index in [0.29, 0.717) is 41.2 Å². The Labute approximate surface area is 290 Å². The number of nitrogens with zero attached hydrogens (tertiary/aromatic N) is 4. The van der Waals surface area contributed by atoms with Crippen molar-refractivity contribution in [2.24, 2.45) is 10.2 Å². The highest BCUT2D eigenvalue weighted by molar-refractivity contribution is 6.25. The minimum atomic E-state index is -0.573. The molecule has 3 atom stereocenters. The van der Waals surface area contributed by atoms with E-state index in [1.54, 1.807) is 0 Å². The number of fused-ring (bicyclic) bond motifs is 8. The van der Waals surface area contributed by atoms with Crippen LogP contribution < -0.4 is 0 Å². The monoisotopic (exact) mass is 680 g/mol. The molecule has 6 rings (SSSR count). The van der Waals surface area contributed by atoms with E-state index in [-0.39, 0.29) is 42.3 Å². The number of aromatic nitrogens is 4. The number of H-pyrrole nitrogens is 2. The van der Waals surface area contributed by atoms with Gasteiger partial charge in [-0.3, -0.25) is 14.6 Å². The summed E-state index contributed by atoms with van der Waals surface area (Å²) < 4.78 is 15.4. The van der Waals surface area contributed by atoms with Crippen LogP contribution in [0.1, 0.15) is 109 Å². The van der Waals surface area contributed by atoms with Crippen LogP contribution in [-0.2, 0) is 41.4 Å². The fourth-order valence-corrected chi connectivity index (χ4v) is 7.54. The summed E-state index contributed by atoms with van der Waals surface area (Å²) in [6.07, 6.45) is 1.95. The maximum atomic E-state index is 13.5. The van der Waals surface area contributed by atoms with Crippen LogP contribution in [0.2, 0.25) is 0 Å². The highest BCUT2D eigenvalue weighted by Crippen LogP contribution is 2.44. The number of aromatic amines is 2. The molecule has 0 radical (unpaired) electrons. The van der Waals surface area contributed by atoms with Gasteiger partial charge in [0.05, 0.1) is 63.0 Å². The Bertz CT molecular complexity index is 2120. The molecule has 3 aliphatic heterocycles. The van der Waals surface area contributed by atoms with Gasteiger partial charge < -0.3 is 24.2 Å². The number of nitrogens with one attached hydrogen (secondary N) is 2. The van der Waals surface area contributed by atoms with Crippen LogP contribution >= 0.6 is 0 Å². The molecule has 12 heteroatoms. The first-order valence-electron chi connectivity index (χ1n) is 17.1. The molecule has 0 saturated heterocycles. The van der Waals surface area contributed by atoms with Crippen molar-refractivity contribution < 1.29 is 28.6 Å². The van der Waals surface area contributed by atoms with Gasteiger partial charge in [-0.25, -0.2) is 9.78 Å². The van der Waals surface area contributed by atoms with Crippen molar-refractivity contribution in [3.8, 4) is 0 Å². The zero-order valence-corrected chi connectivity index (χ0v) is 29.9. The number of methoxy groups -OCH3 is 3. The van der Waals surface area contributed by atoms with Crippen molar-refractivity contribution in [3.63, 3.8) is 0 Å². The second-order valence-electron chi connectivity index (χ2n) is 13.1. The Morgan fingerprint density at radius 1 is 0.860 bits per heavy atom. The average molecular weight is 681 g/mol. The largest absolute Gasteiger partial charge is 0.469 e. The maximum Gasteiger partial charge on any atom is 0.340 e. The molecule has 6 heterocycles. The molecule has 0 amide bonds. The number of ether oxygens (including phenoxy) is 3. The number of hydrogen-bond donors (Lipinski definition) is 2. The lowest BCUT2D eigenvalue weighted by atomic mass is 9.84. The number of rotatable bonds is 8. The van der Waals surface area contributed by atoms with Crippen molar-refractivity contribution in [3.05, 3.63) is 68.8 Å². The molecule has 0 aromatic carbocycles. The molecule has 1 unspecified atom stereocenters. The van der Waals surface area contributed by atoms with Gasteiger partial charge in [0, 0.05) is 57.1 Å². The molecule has 3 aromatic heterocycles. The first-order chi connectivity index (χ1) is 24.0. The third kappa shape index (κ3) is 6.11. The summed E-state index contributed by atoms with van der Waals surface area (Å²) in [6.45, 7) is 10.9. The topological polar surface area (TPSA) is 161 Å². The molecular weight excluding hydrogens is 636 g/mol. The van der Waals surface area contributed by atoms with Gasteiger partial charge in [0.15, 0.2) is 0 Å². The normalized spacial score (nSPS) is 18.4. The lowest BCUT2D eigenvalue weighted by molar-refractivity contribution is -0.141. The summed E-state index contributed by atoms with van der Waals surface area (Å²) in [6, 6.07) is 6.06. The molecule has 0 fully saturated rings. The average Bonchev–Trinajstić information content (AvgIpc) is 3.92. The van der Waals surface area contributed by atoms with Gasteiger partial charge in [-0.2, -0.15) is 10.2 Å². The zero-order valence-electron chi connectivity index (χ0n) is 29.9. The molecule has 50 heavy (non-hydrogen) atoms. The van der Waals surface area contributed by atoms with Gasteiger partial charge in [-0.05, 0) is 80.5 Å². The van der Waals surface area contributed by atoms with Gasteiger partial charge in [-0.15, -0.1) is 0 Å². The minimum Gasteiger partial charge on any atom is -0.469 e. The van der Waals surface area contributed by atoms with Crippen molar-refractivity contribution in [1.82, 2.24) is 19.9 Å². The predicted octanol–water partition coefficient (Wildman–Crippen LogP) is 7.05.